The van der Waals surface area contributed by atoms with Crippen LogP contribution in [0.4, 0.5) is 10.1 Å². The first-order chi connectivity index (χ1) is 11.5. The summed E-state index contributed by atoms with van der Waals surface area (Å²) in [6.45, 7) is 1.57. The van der Waals surface area contributed by atoms with Gasteiger partial charge in [0.1, 0.15) is 11.6 Å². The van der Waals surface area contributed by atoms with Gasteiger partial charge < -0.3 is 10.1 Å². The monoisotopic (exact) mass is 331 g/mol. The average Bonchev–Trinajstić information content (AvgIpc) is 2.60. The first kappa shape index (κ1) is 17.3. The smallest absolute Gasteiger partial charge is 0.269 e. The number of carbonyl (C=O) groups excluding carboxylic acids is 2. The van der Waals surface area contributed by atoms with Crippen LogP contribution >= 0.6 is 0 Å². The number of carbonyl (C=O) groups is 2. The van der Waals surface area contributed by atoms with E-state index in [0.717, 1.165) is 11.8 Å². The molecule has 2 rings (SSSR count). The summed E-state index contributed by atoms with van der Waals surface area (Å²) in [5, 5.41) is 2.90. The van der Waals surface area contributed by atoms with Crippen LogP contribution in [-0.2, 0) is 4.79 Å². The number of benzene rings is 2. The summed E-state index contributed by atoms with van der Waals surface area (Å²) in [7, 11) is 1.57. The van der Waals surface area contributed by atoms with Crippen LogP contribution in [0.25, 0.3) is 0 Å². The molecule has 0 aliphatic heterocycles. The molecule has 0 heterocycles. The first-order valence-electron chi connectivity index (χ1n) is 7.23. The third-order valence-electron chi connectivity index (χ3n) is 3.29. The minimum Gasteiger partial charge on any atom is -0.497 e. The molecule has 6 nitrogen and oxygen atoms in total. The van der Waals surface area contributed by atoms with E-state index in [9.17, 15) is 14.0 Å². The van der Waals surface area contributed by atoms with Crippen molar-refractivity contribution in [1.82, 2.24) is 10.9 Å². The molecule has 0 bridgehead atoms. The van der Waals surface area contributed by atoms with Gasteiger partial charge in [0.25, 0.3) is 11.8 Å². The highest BCUT2D eigenvalue weighted by Crippen LogP contribution is 2.14. The Kier molecular flexibility index (Phi) is 5.73. The van der Waals surface area contributed by atoms with E-state index in [1.807, 2.05) is 0 Å². The Balaban J connectivity index is 1.79. The van der Waals surface area contributed by atoms with Gasteiger partial charge in [0.05, 0.1) is 13.7 Å². The van der Waals surface area contributed by atoms with Gasteiger partial charge in [-0.15, -0.1) is 0 Å². The number of aryl methyl sites for hydroxylation is 1. The van der Waals surface area contributed by atoms with Gasteiger partial charge in [0, 0.05) is 11.3 Å². The van der Waals surface area contributed by atoms with Crippen LogP contribution in [0.1, 0.15) is 15.9 Å². The lowest BCUT2D eigenvalue weighted by Crippen LogP contribution is -2.44. The molecule has 0 saturated heterocycles. The van der Waals surface area contributed by atoms with Crippen LogP contribution in [-0.4, -0.2) is 25.5 Å². The van der Waals surface area contributed by atoms with Crippen molar-refractivity contribution in [2.45, 2.75) is 6.92 Å². The van der Waals surface area contributed by atoms with Gasteiger partial charge >= 0.3 is 0 Å². The molecule has 0 saturated carbocycles. The Morgan fingerprint density at radius 1 is 1.08 bits per heavy atom. The van der Waals surface area contributed by atoms with Crippen LogP contribution in [0.5, 0.6) is 5.75 Å². The molecular weight excluding hydrogens is 313 g/mol. The molecule has 0 fully saturated rings. The molecule has 0 unspecified atom stereocenters. The van der Waals surface area contributed by atoms with Crippen molar-refractivity contribution in [2.75, 3.05) is 19.0 Å². The lowest BCUT2D eigenvalue weighted by Gasteiger charge is -2.10. The zero-order valence-electron chi connectivity index (χ0n) is 13.4. The number of rotatable bonds is 5. The van der Waals surface area contributed by atoms with Gasteiger partial charge in [-0.05, 0) is 48.9 Å². The predicted octanol–water partition coefficient (Wildman–Crippen LogP) is 2.02. The molecule has 2 aromatic carbocycles. The molecule has 2 aromatic rings. The number of hydrogen-bond donors (Lipinski definition) is 3. The number of amides is 2. The maximum absolute atomic E-state index is 13.4. The van der Waals surface area contributed by atoms with E-state index < -0.39 is 17.6 Å². The summed E-state index contributed by atoms with van der Waals surface area (Å²) in [6, 6.07) is 11.1. The molecular formula is C17H18FN3O3. The Morgan fingerprint density at radius 2 is 1.79 bits per heavy atom. The van der Waals surface area contributed by atoms with Crippen LogP contribution < -0.4 is 20.9 Å². The number of halogens is 1. The zero-order valence-corrected chi connectivity index (χ0v) is 13.4. The number of hydrazine groups is 1. The Bertz CT molecular complexity index is 732. The molecule has 126 valence electrons. The highest BCUT2D eigenvalue weighted by molar-refractivity contribution is 5.95. The lowest BCUT2D eigenvalue weighted by atomic mass is 10.1. The standard InChI is InChI=1S/C17H18FN3O3/c1-11-3-4-12(9-15(11)18)17(23)21-20-16(22)10-19-13-5-7-14(24-2)8-6-13/h3-9,19H,10H2,1-2H3,(H,20,22)(H,21,23). The topological polar surface area (TPSA) is 79.5 Å². The van der Waals surface area contributed by atoms with E-state index in [1.165, 1.54) is 12.1 Å². The highest BCUT2D eigenvalue weighted by atomic mass is 19.1. The fraction of sp³-hybridized carbons (Fsp3) is 0.176. The number of methoxy groups -OCH3 is 1. The molecule has 24 heavy (non-hydrogen) atoms. The number of nitrogens with one attached hydrogen (secondary N) is 3. The molecule has 3 N–H and O–H groups in total. The van der Waals surface area contributed by atoms with Crippen LogP contribution in [0, 0.1) is 12.7 Å². The maximum Gasteiger partial charge on any atom is 0.269 e. The van der Waals surface area contributed by atoms with Gasteiger partial charge in [-0.2, -0.15) is 0 Å². The van der Waals surface area contributed by atoms with E-state index in [0.29, 0.717) is 11.3 Å². The average molecular weight is 331 g/mol. The van der Waals surface area contributed by atoms with Gasteiger partial charge in [0.2, 0.25) is 0 Å². The van der Waals surface area contributed by atoms with E-state index in [-0.39, 0.29) is 12.1 Å². The Hall–Kier alpha value is -3.09. The Morgan fingerprint density at radius 3 is 2.42 bits per heavy atom. The second-order valence-electron chi connectivity index (χ2n) is 5.05. The molecule has 0 radical (unpaired) electrons. The van der Waals surface area contributed by atoms with Crippen molar-refractivity contribution in [3.05, 3.63) is 59.4 Å². The summed E-state index contributed by atoms with van der Waals surface area (Å²) in [5.74, 6) is -0.795. The van der Waals surface area contributed by atoms with Crippen molar-refractivity contribution >= 4 is 17.5 Å². The molecule has 0 aromatic heterocycles. The van der Waals surface area contributed by atoms with Crippen molar-refractivity contribution in [3.63, 3.8) is 0 Å². The van der Waals surface area contributed by atoms with Gasteiger partial charge in [0.15, 0.2) is 0 Å². The largest absolute Gasteiger partial charge is 0.497 e. The van der Waals surface area contributed by atoms with Crippen molar-refractivity contribution < 1.29 is 18.7 Å². The van der Waals surface area contributed by atoms with Crippen molar-refractivity contribution in [1.29, 1.82) is 0 Å². The number of ether oxygens (including phenoxy) is 1. The second-order valence-corrected chi connectivity index (χ2v) is 5.05. The zero-order chi connectivity index (χ0) is 17.5. The number of anilines is 1. The first-order valence-corrected chi connectivity index (χ1v) is 7.23. The Labute approximate surface area is 139 Å². The molecule has 0 spiro atoms. The number of hydrogen-bond acceptors (Lipinski definition) is 4. The van der Waals surface area contributed by atoms with E-state index >= 15 is 0 Å². The summed E-state index contributed by atoms with van der Waals surface area (Å²) in [4.78, 5) is 23.5. The highest BCUT2D eigenvalue weighted by Gasteiger charge is 2.09. The van der Waals surface area contributed by atoms with Crippen LogP contribution in [0.3, 0.4) is 0 Å². The van der Waals surface area contributed by atoms with Crippen molar-refractivity contribution in [3.8, 4) is 5.75 Å². The van der Waals surface area contributed by atoms with Crippen molar-refractivity contribution in [2.24, 2.45) is 0 Å². The van der Waals surface area contributed by atoms with Crippen LogP contribution in [0.2, 0.25) is 0 Å². The maximum atomic E-state index is 13.4. The molecule has 0 aliphatic rings. The summed E-state index contributed by atoms with van der Waals surface area (Å²) >= 11 is 0. The summed E-state index contributed by atoms with van der Waals surface area (Å²) in [5.41, 5.74) is 5.80. The van der Waals surface area contributed by atoms with E-state index in [2.05, 4.69) is 16.2 Å². The minimum absolute atomic E-state index is 0.0329. The minimum atomic E-state index is -0.591. The normalized spacial score (nSPS) is 9.96. The summed E-state index contributed by atoms with van der Waals surface area (Å²) in [6.07, 6.45) is 0. The summed E-state index contributed by atoms with van der Waals surface area (Å²) < 4.78 is 18.5. The van der Waals surface area contributed by atoms with E-state index in [4.69, 9.17) is 4.74 Å². The molecule has 0 atom stereocenters. The second kappa shape index (κ2) is 7.96. The third kappa shape index (κ3) is 4.70. The lowest BCUT2D eigenvalue weighted by molar-refractivity contribution is -0.120. The SMILES string of the molecule is COc1ccc(NCC(=O)NNC(=O)c2ccc(C)c(F)c2)cc1. The quantitative estimate of drug-likeness (QED) is 0.732. The van der Waals surface area contributed by atoms with Crippen LogP contribution in [0.15, 0.2) is 42.5 Å². The molecule has 2 amide bonds. The molecule has 7 heteroatoms. The third-order valence-corrected chi connectivity index (χ3v) is 3.29. The van der Waals surface area contributed by atoms with Gasteiger partial charge in [-0.25, -0.2) is 4.39 Å². The fourth-order valence-corrected chi connectivity index (χ4v) is 1.87. The predicted molar refractivity (Wildman–Crippen MR) is 88.2 cm³/mol. The van der Waals surface area contributed by atoms with E-state index in [1.54, 1.807) is 38.3 Å². The fourth-order valence-electron chi connectivity index (χ4n) is 1.87. The van der Waals surface area contributed by atoms with Gasteiger partial charge in [-0.1, -0.05) is 6.07 Å². The van der Waals surface area contributed by atoms with Gasteiger partial charge in [-0.3, -0.25) is 20.4 Å². The molecule has 0 aliphatic carbocycles.